The predicted octanol–water partition coefficient (Wildman–Crippen LogP) is 3.84. The summed E-state index contributed by atoms with van der Waals surface area (Å²) in [7, 11) is 3.22. The quantitative estimate of drug-likeness (QED) is 0.726. The lowest BCUT2D eigenvalue weighted by molar-refractivity contribution is 0.248. The maximum atomic E-state index is 6.30. The Balaban J connectivity index is 1.62. The molecule has 1 aromatic heterocycles. The second kappa shape index (κ2) is 8.25. The molecule has 0 unspecified atom stereocenters. The molecule has 0 spiro atoms. The van der Waals surface area contributed by atoms with E-state index in [1.54, 1.807) is 14.2 Å². The number of rotatable bonds is 5. The second-order valence-corrected chi connectivity index (χ2v) is 7.23. The number of pyridine rings is 1. The van der Waals surface area contributed by atoms with Crippen LogP contribution in [-0.2, 0) is 6.54 Å². The summed E-state index contributed by atoms with van der Waals surface area (Å²) in [6, 6.07) is 8.02. The maximum Gasteiger partial charge on any atom is 0.179 e. The van der Waals surface area contributed by atoms with E-state index in [1.165, 1.54) is 0 Å². The van der Waals surface area contributed by atoms with Crippen molar-refractivity contribution in [3.63, 3.8) is 0 Å². The van der Waals surface area contributed by atoms with Gasteiger partial charge in [0.15, 0.2) is 11.5 Å². The monoisotopic (exact) mass is 425 g/mol. The number of nitrogens with zero attached hydrogens (tertiary/aromatic N) is 3. The molecule has 3 rings (SSSR count). The van der Waals surface area contributed by atoms with E-state index in [1.807, 2.05) is 30.5 Å². The van der Waals surface area contributed by atoms with Crippen molar-refractivity contribution in [2.24, 2.45) is 0 Å². The van der Waals surface area contributed by atoms with Gasteiger partial charge in [-0.3, -0.25) is 4.90 Å². The lowest BCUT2D eigenvalue weighted by atomic mass is 10.1. The zero-order valence-electron chi connectivity index (χ0n) is 14.3. The van der Waals surface area contributed by atoms with E-state index in [2.05, 4.69) is 30.7 Å². The first-order valence-corrected chi connectivity index (χ1v) is 9.27. The number of hydrogen-bond donors (Lipinski definition) is 0. The van der Waals surface area contributed by atoms with Crippen molar-refractivity contribution in [1.29, 1.82) is 0 Å². The van der Waals surface area contributed by atoms with Crippen molar-refractivity contribution < 1.29 is 9.47 Å². The van der Waals surface area contributed by atoms with Crippen LogP contribution in [0.25, 0.3) is 0 Å². The summed E-state index contributed by atoms with van der Waals surface area (Å²) in [6.07, 6.45) is 1.84. The first-order valence-electron chi connectivity index (χ1n) is 8.10. The fraction of sp³-hybridized carbons (Fsp3) is 0.389. The van der Waals surface area contributed by atoms with Crippen LogP contribution in [0.2, 0.25) is 5.02 Å². The number of methoxy groups -OCH3 is 2. The van der Waals surface area contributed by atoms with Crippen molar-refractivity contribution >= 4 is 33.3 Å². The van der Waals surface area contributed by atoms with E-state index in [0.29, 0.717) is 16.5 Å². The van der Waals surface area contributed by atoms with Crippen molar-refractivity contribution in [3.05, 3.63) is 45.5 Å². The average molecular weight is 427 g/mol. The van der Waals surface area contributed by atoms with Gasteiger partial charge in [-0.15, -0.1) is 0 Å². The lowest BCUT2D eigenvalue weighted by Crippen LogP contribution is -2.46. The van der Waals surface area contributed by atoms with Crippen LogP contribution in [0.1, 0.15) is 5.56 Å². The topological polar surface area (TPSA) is 37.8 Å². The summed E-state index contributed by atoms with van der Waals surface area (Å²) in [4.78, 5) is 9.20. The van der Waals surface area contributed by atoms with Crippen LogP contribution in [0.5, 0.6) is 11.5 Å². The molecule has 0 aliphatic carbocycles. The van der Waals surface area contributed by atoms with Gasteiger partial charge in [-0.1, -0.05) is 11.6 Å². The standard InChI is InChI=1S/C18H21BrClN3O2/c1-24-16-10-13(9-15(20)18(16)25-2)12-22-5-7-23(8-6-22)17-4-3-14(19)11-21-17/h3-4,9-11H,5-8,12H2,1-2H3. The molecule has 1 fully saturated rings. The minimum absolute atomic E-state index is 0.578. The molecule has 1 aliphatic heterocycles. The largest absolute Gasteiger partial charge is 0.493 e. The van der Waals surface area contributed by atoms with E-state index in [4.69, 9.17) is 21.1 Å². The van der Waals surface area contributed by atoms with Gasteiger partial charge in [0, 0.05) is 43.4 Å². The molecule has 5 nitrogen and oxygen atoms in total. The highest BCUT2D eigenvalue weighted by atomic mass is 79.9. The van der Waals surface area contributed by atoms with Crippen molar-refractivity contribution in [3.8, 4) is 11.5 Å². The van der Waals surface area contributed by atoms with Gasteiger partial charge in [-0.2, -0.15) is 0 Å². The number of aromatic nitrogens is 1. The summed E-state index contributed by atoms with van der Waals surface area (Å²) >= 11 is 9.73. The Morgan fingerprint density at radius 3 is 2.48 bits per heavy atom. The van der Waals surface area contributed by atoms with Gasteiger partial charge in [0.05, 0.1) is 19.2 Å². The number of hydrogen-bond acceptors (Lipinski definition) is 5. The van der Waals surface area contributed by atoms with Crippen LogP contribution in [0.15, 0.2) is 34.9 Å². The van der Waals surface area contributed by atoms with Gasteiger partial charge in [0.25, 0.3) is 0 Å². The smallest absolute Gasteiger partial charge is 0.179 e. The number of piperazine rings is 1. The molecular formula is C18H21BrClN3O2. The van der Waals surface area contributed by atoms with Gasteiger partial charge in [0.2, 0.25) is 0 Å². The molecule has 0 radical (unpaired) electrons. The normalized spacial score (nSPS) is 15.3. The summed E-state index contributed by atoms with van der Waals surface area (Å²) < 4.78 is 11.7. The van der Waals surface area contributed by atoms with E-state index in [9.17, 15) is 0 Å². The van der Waals surface area contributed by atoms with Crippen LogP contribution < -0.4 is 14.4 Å². The molecule has 0 atom stereocenters. The molecule has 1 aliphatic rings. The molecule has 1 saturated heterocycles. The van der Waals surface area contributed by atoms with Gasteiger partial charge in [0.1, 0.15) is 5.82 Å². The molecular weight excluding hydrogens is 406 g/mol. The highest BCUT2D eigenvalue weighted by Gasteiger charge is 2.19. The Labute approximate surface area is 161 Å². The molecule has 0 N–H and O–H groups in total. The van der Waals surface area contributed by atoms with Crippen LogP contribution in [0.4, 0.5) is 5.82 Å². The van der Waals surface area contributed by atoms with E-state index in [-0.39, 0.29) is 0 Å². The Hall–Kier alpha value is -1.50. The number of benzene rings is 1. The van der Waals surface area contributed by atoms with Crippen LogP contribution in [0.3, 0.4) is 0 Å². The van der Waals surface area contributed by atoms with Crippen LogP contribution in [-0.4, -0.2) is 50.3 Å². The Kier molecular flexibility index (Phi) is 6.04. The number of halogens is 2. The van der Waals surface area contributed by atoms with Crippen molar-refractivity contribution in [2.75, 3.05) is 45.3 Å². The Morgan fingerprint density at radius 2 is 1.88 bits per heavy atom. The minimum Gasteiger partial charge on any atom is -0.493 e. The summed E-state index contributed by atoms with van der Waals surface area (Å²) in [6.45, 7) is 4.69. The van der Waals surface area contributed by atoms with E-state index >= 15 is 0 Å². The third-order valence-electron chi connectivity index (χ3n) is 4.31. The fourth-order valence-corrected chi connectivity index (χ4v) is 3.56. The Bertz CT molecular complexity index is 719. The van der Waals surface area contributed by atoms with Crippen molar-refractivity contribution in [2.45, 2.75) is 6.54 Å². The first-order chi connectivity index (χ1) is 12.1. The zero-order chi connectivity index (χ0) is 17.8. The summed E-state index contributed by atoms with van der Waals surface area (Å²) in [5.74, 6) is 2.28. The maximum absolute atomic E-state index is 6.30. The highest BCUT2D eigenvalue weighted by Crippen LogP contribution is 2.36. The molecule has 7 heteroatoms. The molecule has 1 aromatic carbocycles. The van der Waals surface area contributed by atoms with Crippen molar-refractivity contribution in [1.82, 2.24) is 9.88 Å². The summed E-state index contributed by atoms with van der Waals surface area (Å²) in [5, 5.41) is 0.578. The third kappa shape index (κ3) is 4.37. The molecule has 2 aromatic rings. The third-order valence-corrected chi connectivity index (χ3v) is 5.06. The zero-order valence-corrected chi connectivity index (χ0v) is 16.7. The molecule has 0 amide bonds. The highest BCUT2D eigenvalue weighted by molar-refractivity contribution is 9.10. The predicted molar refractivity (Wildman–Crippen MR) is 104 cm³/mol. The van der Waals surface area contributed by atoms with Gasteiger partial charge in [-0.25, -0.2) is 4.98 Å². The average Bonchev–Trinajstić information content (AvgIpc) is 2.62. The number of ether oxygens (including phenoxy) is 2. The van der Waals surface area contributed by atoms with E-state index in [0.717, 1.165) is 48.6 Å². The molecule has 2 heterocycles. The summed E-state index contributed by atoms with van der Waals surface area (Å²) in [5.41, 5.74) is 1.12. The molecule has 0 saturated carbocycles. The van der Waals surface area contributed by atoms with Gasteiger partial charge >= 0.3 is 0 Å². The first kappa shape index (κ1) is 18.3. The molecule has 0 bridgehead atoms. The van der Waals surface area contributed by atoms with Gasteiger partial charge < -0.3 is 14.4 Å². The van der Waals surface area contributed by atoms with Crippen LogP contribution in [0, 0.1) is 0 Å². The Morgan fingerprint density at radius 1 is 1.12 bits per heavy atom. The lowest BCUT2D eigenvalue weighted by Gasteiger charge is -2.35. The minimum atomic E-state index is 0.578. The molecule has 25 heavy (non-hydrogen) atoms. The number of anilines is 1. The fourth-order valence-electron chi connectivity index (χ4n) is 3.01. The molecule has 134 valence electrons. The van der Waals surface area contributed by atoms with Crippen LogP contribution >= 0.6 is 27.5 Å². The van der Waals surface area contributed by atoms with E-state index < -0.39 is 0 Å². The SMILES string of the molecule is COc1cc(CN2CCN(c3ccc(Br)cn3)CC2)cc(Cl)c1OC. The van der Waals surface area contributed by atoms with Gasteiger partial charge in [-0.05, 0) is 45.8 Å². The second-order valence-electron chi connectivity index (χ2n) is 5.91.